The zero-order valence-electron chi connectivity index (χ0n) is 16.9. The predicted octanol–water partition coefficient (Wildman–Crippen LogP) is 3.01. The predicted molar refractivity (Wildman–Crippen MR) is 114 cm³/mol. The average molecular weight is 393 g/mol. The molecule has 0 aliphatic carbocycles. The smallest absolute Gasteiger partial charge is 0.254 e. The van der Waals surface area contributed by atoms with Crippen LogP contribution in [0.4, 0.5) is 5.69 Å². The first-order chi connectivity index (χ1) is 14.2. The van der Waals surface area contributed by atoms with E-state index >= 15 is 0 Å². The number of ether oxygens (including phenoxy) is 1. The Morgan fingerprint density at radius 1 is 1.38 bits per heavy atom. The van der Waals surface area contributed by atoms with Crippen molar-refractivity contribution in [2.45, 2.75) is 25.4 Å². The van der Waals surface area contributed by atoms with Gasteiger partial charge in [0.25, 0.3) is 5.91 Å². The molecule has 0 spiro atoms. The van der Waals surface area contributed by atoms with E-state index in [1.165, 1.54) is 5.56 Å². The molecule has 0 bridgehead atoms. The topological polar surface area (TPSA) is 82.3 Å². The highest BCUT2D eigenvalue weighted by Gasteiger charge is 2.23. The van der Waals surface area contributed by atoms with Gasteiger partial charge in [-0.15, -0.1) is 0 Å². The Morgan fingerprint density at radius 2 is 2.28 bits per heavy atom. The summed E-state index contributed by atoms with van der Waals surface area (Å²) in [6, 6.07) is 10.5. The monoisotopic (exact) mass is 393 g/mol. The molecule has 7 nitrogen and oxygen atoms in total. The van der Waals surface area contributed by atoms with Crippen LogP contribution in [0.5, 0.6) is 5.75 Å². The Bertz CT molecular complexity index is 1000. The van der Waals surface area contributed by atoms with E-state index in [-0.39, 0.29) is 11.9 Å². The molecule has 1 fully saturated rings. The number of piperidine rings is 1. The summed E-state index contributed by atoms with van der Waals surface area (Å²) in [5.41, 5.74) is 3.45. The maximum Gasteiger partial charge on any atom is 0.254 e. The van der Waals surface area contributed by atoms with E-state index in [0.29, 0.717) is 5.56 Å². The molecule has 1 aromatic carbocycles. The quantitative estimate of drug-likeness (QED) is 0.600. The molecule has 3 N–H and O–H groups in total. The van der Waals surface area contributed by atoms with Gasteiger partial charge in [-0.05, 0) is 43.1 Å². The minimum absolute atomic E-state index is 0.132. The van der Waals surface area contributed by atoms with Crippen LogP contribution < -0.4 is 15.4 Å². The molecule has 0 saturated carbocycles. The molecule has 0 unspecified atom stereocenters. The molecule has 0 radical (unpaired) electrons. The number of carbonyl (C=O) groups excluding carboxylic acids is 1. The van der Waals surface area contributed by atoms with Gasteiger partial charge >= 0.3 is 0 Å². The van der Waals surface area contributed by atoms with E-state index < -0.39 is 0 Å². The molecule has 3 aromatic rings. The van der Waals surface area contributed by atoms with Gasteiger partial charge in [-0.25, -0.2) is 4.98 Å². The third-order valence-electron chi connectivity index (χ3n) is 5.45. The van der Waals surface area contributed by atoms with E-state index in [1.807, 2.05) is 24.4 Å². The van der Waals surface area contributed by atoms with E-state index in [2.05, 4.69) is 37.6 Å². The lowest BCUT2D eigenvalue weighted by atomic mass is 10.0. The van der Waals surface area contributed by atoms with Gasteiger partial charge in [0.2, 0.25) is 0 Å². The number of benzene rings is 1. The van der Waals surface area contributed by atoms with Gasteiger partial charge in [-0.3, -0.25) is 9.69 Å². The first-order valence-corrected chi connectivity index (χ1v) is 9.98. The molecule has 3 heterocycles. The summed E-state index contributed by atoms with van der Waals surface area (Å²) in [4.78, 5) is 22.3. The van der Waals surface area contributed by atoms with E-state index in [9.17, 15) is 4.79 Å². The number of hydrogen-bond donors (Lipinski definition) is 3. The number of H-pyrrole nitrogens is 1. The van der Waals surface area contributed by atoms with Crippen LogP contribution in [0.2, 0.25) is 0 Å². The third kappa shape index (κ3) is 4.19. The fourth-order valence-corrected chi connectivity index (χ4v) is 4.02. The van der Waals surface area contributed by atoms with Crippen LogP contribution in [0.15, 0.2) is 42.7 Å². The lowest BCUT2D eigenvalue weighted by molar-refractivity contribution is 0.0963. The number of nitrogens with one attached hydrogen (secondary N) is 3. The highest BCUT2D eigenvalue weighted by atomic mass is 16.5. The maximum absolute atomic E-state index is 12.4. The largest absolute Gasteiger partial charge is 0.497 e. The van der Waals surface area contributed by atoms with Crippen LogP contribution in [0, 0.1) is 0 Å². The van der Waals surface area contributed by atoms with Gasteiger partial charge in [0, 0.05) is 44.0 Å². The number of likely N-dealkylation sites (tertiary alicyclic amines) is 1. The van der Waals surface area contributed by atoms with Crippen LogP contribution >= 0.6 is 0 Å². The Hall–Kier alpha value is -3.06. The van der Waals surface area contributed by atoms with Gasteiger partial charge in [0.05, 0.1) is 18.4 Å². The van der Waals surface area contributed by atoms with Crippen molar-refractivity contribution in [2.24, 2.45) is 0 Å². The number of aromatic nitrogens is 2. The van der Waals surface area contributed by atoms with E-state index in [4.69, 9.17) is 4.74 Å². The molecule has 1 aliphatic rings. The van der Waals surface area contributed by atoms with Crippen molar-refractivity contribution in [3.8, 4) is 5.75 Å². The first kappa shape index (κ1) is 19.3. The highest BCUT2D eigenvalue weighted by molar-refractivity contribution is 6.06. The van der Waals surface area contributed by atoms with Crippen LogP contribution in [0.25, 0.3) is 11.0 Å². The Kier molecular flexibility index (Phi) is 5.67. The Balaban J connectivity index is 1.52. The first-order valence-electron chi connectivity index (χ1n) is 9.98. The second kappa shape index (κ2) is 8.53. The SMILES string of the molecule is CNC(=O)c1cnc2[nH]ccc2c1N[C@H]1CCCN(Cc2cccc(OC)c2)C1. The van der Waals surface area contributed by atoms with Gasteiger partial charge in [0.15, 0.2) is 0 Å². The van der Waals surface area contributed by atoms with E-state index in [1.54, 1.807) is 20.4 Å². The summed E-state index contributed by atoms with van der Waals surface area (Å²) in [5.74, 6) is 0.753. The maximum atomic E-state index is 12.4. The number of nitrogens with zero attached hydrogens (tertiary/aromatic N) is 2. The van der Waals surface area contributed by atoms with Crippen molar-refractivity contribution in [1.29, 1.82) is 0 Å². The number of pyridine rings is 1. The minimum atomic E-state index is -0.132. The summed E-state index contributed by atoms with van der Waals surface area (Å²) in [6.07, 6.45) is 5.66. The summed E-state index contributed by atoms with van der Waals surface area (Å²) >= 11 is 0. The fraction of sp³-hybridized carbons (Fsp3) is 0.364. The molecular formula is C22H27N5O2. The molecule has 2 aromatic heterocycles. The molecule has 152 valence electrons. The summed E-state index contributed by atoms with van der Waals surface area (Å²) in [7, 11) is 3.34. The zero-order valence-corrected chi connectivity index (χ0v) is 16.9. The van der Waals surface area contributed by atoms with Crippen molar-refractivity contribution < 1.29 is 9.53 Å². The number of rotatable bonds is 6. The lowest BCUT2D eigenvalue weighted by Crippen LogP contribution is -2.42. The van der Waals surface area contributed by atoms with Crippen LogP contribution in [-0.4, -0.2) is 54.1 Å². The number of hydrogen-bond acceptors (Lipinski definition) is 5. The summed E-state index contributed by atoms with van der Waals surface area (Å²) < 4.78 is 5.35. The highest BCUT2D eigenvalue weighted by Crippen LogP contribution is 2.28. The molecule has 1 aliphatic heterocycles. The van der Waals surface area contributed by atoms with Gasteiger partial charge in [-0.1, -0.05) is 12.1 Å². The van der Waals surface area contributed by atoms with Crippen molar-refractivity contribution in [3.05, 3.63) is 53.9 Å². The molecule has 1 amide bonds. The minimum Gasteiger partial charge on any atom is -0.497 e. The number of fused-ring (bicyclic) bond motifs is 1. The number of anilines is 1. The Labute approximate surface area is 170 Å². The molecular weight excluding hydrogens is 366 g/mol. The zero-order chi connectivity index (χ0) is 20.2. The van der Waals surface area contributed by atoms with E-state index in [0.717, 1.165) is 54.9 Å². The molecule has 1 atom stereocenters. The van der Waals surface area contributed by atoms with Crippen LogP contribution in [0.1, 0.15) is 28.8 Å². The number of carbonyl (C=O) groups is 1. The standard InChI is InChI=1S/C22H27N5O2/c1-23-22(28)19-12-25-21-18(8-9-24-21)20(19)26-16-6-4-10-27(14-16)13-15-5-3-7-17(11-15)29-2/h3,5,7-9,11-12,16H,4,6,10,13-14H2,1-2H3,(H,23,28)(H2,24,25,26)/t16-/m0/s1. The Morgan fingerprint density at radius 3 is 3.10 bits per heavy atom. The fourth-order valence-electron chi connectivity index (χ4n) is 4.02. The van der Waals surface area contributed by atoms with Gasteiger partial charge < -0.3 is 20.4 Å². The normalized spacial score (nSPS) is 17.2. The number of methoxy groups -OCH3 is 1. The second-order valence-electron chi connectivity index (χ2n) is 7.44. The molecule has 7 heteroatoms. The second-order valence-corrected chi connectivity index (χ2v) is 7.44. The molecule has 1 saturated heterocycles. The third-order valence-corrected chi connectivity index (χ3v) is 5.45. The number of aromatic amines is 1. The average Bonchev–Trinajstić information content (AvgIpc) is 3.23. The van der Waals surface area contributed by atoms with Gasteiger partial charge in [-0.2, -0.15) is 0 Å². The van der Waals surface area contributed by atoms with Crippen LogP contribution in [-0.2, 0) is 6.54 Å². The van der Waals surface area contributed by atoms with Gasteiger partial charge in [0.1, 0.15) is 11.4 Å². The van der Waals surface area contributed by atoms with Crippen molar-refractivity contribution in [2.75, 3.05) is 32.6 Å². The lowest BCUT2D eigenvalue weighted by Gasteiger charge is -2.34. The summed E-state index contributed by atoms with van der Waals surface area (Å²) in [5, 5.41) is 7.30. The molecule has 4 rings (SSSR count). The van der Waals surface area contributed by atoms with Crippen LogP contribution in [0.3, 0.4) is 0 Å². The van der Waals surface area contributed by atoms with Crippen molar-refractivity contribution >= 4 is 22.6 Å². The molecule has 29 heavy (non-hydrogen) atoms. The number of amides is 1. The van der Waals surface area contributed by atoms with Crippen molar-refractivity contribution in [3.63, 3.8) is 0 Å². The summed E-state index contributed by atoms with van der Waals surface area (Å²) in [6.45, 7) is 2.86. The van der Waals surface area contributed by atoms with Crippen molar-refractivity contribution in [1.82, 2.24) is 20.2 Å².